The number of aliphatic hydroxyl groups is 4. The third-order valence-corrected chi connectivity index (χ3v) is 9.67. The minimum Gasteiger partial charge on any atom is -0.455 e. The summed E-state index contributed by atoms with van der Waals surface area (Å²) in [5, 5.41) is 45.6. The summed E-state index contributed by atoms with van der Waals surface area (Å²) in [4.78, 5) is 26.0. The van der Waals surface area contributed by atoms with E-state index in [9.17, 15) is 30.0 Å². The molecule has 4 aliphatic carbocycles. The van der Waals surface area contributed by atoms with E-state index in [-0.39, 0.29) is 19.4 Å². The van der Waals surface area contributed by atoms with Gasteiger partial charge in [0.15, 0.2) is 5.78 Å². The van der Waals surface area contributed by atoms with Gasteiger partial charge in [-0.15, -0.1) is 0 Å². The fraction of sp³-hybridized carbons (Fsp3) is 0.667. The van der Waals surface area contributed by atoms with Crippen LogP contribution in [0.2, 0.25) is 0 Å². The van der Waals surface area contributed by atoms with Crippen LogP contribution in [0, 0.1) is 29.1 Å². The first-order chi connectivity index (χ1) is 17.3. The standard InChI is InChI=1S/C30H42O7/c1-6-7-8-9-10-11-12-13-23(32)37-30-24(27(30,4)5)21-15-20(17-31)16-28(35)22(14-18(2)25(28)33)29(21,36)19(3)26(30)34/h9-12,14-15,19,21-22,24,26,31,34-36H,6-8,13,16-17H2,1-5H3/b10-9+,12-11+/t19-,21+,22-,24-,26?,28-,29-,30-/m1/s1. The van der Waals surface area contributed by atoms with Crippen LogP contribution in [0.1, 0.15) is 66.7 Å². The summed E-state index contributed by atoms with van der Waals surface area (Å²) >= 11 is 0. The van der Waals surface area contributed by atoms with E-state index in [1.807, 2.05) is 26.0 Å². The Hall–Kier alpha value is -2.06. The smallest absolute Gasteiger partial charge is 0.310 e. The number of allylic oxidation sites excluding steroid dienone is 3. The predicted molar refractivity (Wildman–Crippen MR) is 139 cm³/mol. The molecule has 204 valence electrons. The van der Waals surface area contributed by atoms with Crippen LogP contribution in [0.3, 0.4) is 0 Å². The lowest BCUT2D eigenvalue weighted by atomic mass is 9.59. The van der Waals surface area contributed by atoms with E-state index in [0.29, 0.717) is 11.1 Å². The average molecular weight is 515 g/mol. The number of fused-ring (bicyclic) bond motifs is 5. The normalized spacial score (nSPS) is 42.1. The van der Waals surface area contributed by atoms with E-state index in [1.54, 1.807) is 32.1 Å². The molecule has 0 heterocycles. The fourth-order valence-electron chi connectivity index (χ4n) is 7.64. The van der Waals surface area contributed by atoms with Crippen molar-refractivity contribution in [1.82, 2.24) is 0 Å². The van der Waals surface area contributed by atoms with Crippen molar-refractivity contribution >= 4 is 11.8 Å². The van der Waals surface area contributed by atoms with Crippen LogP contribution < -0.4 is 0 Å². The predicted octanol–water partition coefficient (Wildman–Crippen LogP) is 3.17. The molecule has 37 heavy (non-hydrogen) atoms. The summed E-state index contributed by atoms with van der Waals surface area (Å²) in [5.41, 5.74) is -4.69. The summed E-state index contributed by atoms with van der Waals surface area (Å²) in [7, 11) is 0. The van der Waals surface area contributed by atoms with Crippen molar-refractivity contribution in [2.24, 2.45) is 29.1 Å². The highest BCUT2D eigenvalue weighted by Crippen LogP contribution is 2.76. The molecule has 0 saturated heterocycles. The molecule has 4 aliphatic rings. The van der Waals surface area contributed by atoms with Gasteiger partial charge < -0.3 is 25.2 Å². The van der Waals surface area contributed by atoms with Gasteiger partial charge in [-0.2, -0.15) is 0 Å². The van der Waals surface area contributed by atoms with Crippen LogP contribution in [-0.2, 0) is 14.3 Å². The maximum atomic E-state index is 13.0. The highest BCUT2D eigenvalue weighted by Gasteiger charge is 2.86. The van der Waals surface area contributed by atoms with Crippen molar-refractivity contribution in [3.8, 4) is 0 Å². The van der Waals surface area contributed by atoms with E-state index >= 15 is 0 Å². The maximum Gasteiger partial charge on any atom is 0.310 e. The highest BCUT2D eigenvalue weighted by molar-refractivity contribution is 6.04. The molecular formula is C30H42O7. The number of ketones is 1. The van der Waals surface area contributed by atoms with Crippen molar-refractivity contribution in [2.45, 2.75) is 89.6 Å². The molecule has 0 aromatic rings. The Kier molecular flexibility index (Phi) is 7.25. The highest BCUT2D eigenvalue weighted by atomic mass is 16.6. The Bertz CT molecular complexity index is 1070. The Morgan fingerprint density at radius 1 is 1.19 bits per heavy atom. The zero-order valence-electron chi connectivity index (χ0n) is 22.6. The van der Waals surface area contributed by atoms with Gasteiger partial charge in [0, 0.05) is 35.5 Å². The lowest BCUT2D eigenvalue weighted by Crippen LogP contribution is -2.65. The zero-order valence-corrected chi connectivity index (χ0v) is 22.6. The molecule has 2 saturated carbocycles. The molecular weight excluding hydrogens is 472 g/mol. The Morgan fingerprint density at radius 2 is 1.86 bits per heavy atom. The van der Waals surface area contributed by atoms with E-state index in [0.717, 1.165) is 19.3 Å². The lowest BCUT2D eigenvalue weighted by Gasteiger charge is -2.52. The van der Waals surface area contributed by atoms with Gasteiger partial charge in [-0.1, -0.05) is 77.0 Å². The first-order valence-corrected chi connectivity index (χ1v) is 13.5. The maximum absolute atomic E-state index is 13.0. The van der Waals surface area contributed by atoms with Crippen molar-refractivity contribution < 1.29 is 34.8 Å². The Morgan fingerprint density at radius 3 is 2.51 bits per heavy atom. The van der Waals surface area contributed by atoms with Gasteiger partial charge >= 0.3 is 5.97 Å². The first kappa shape index (κ1) is 28.0. The second-order valence-electron chi connectivity index (χ2n) is 12.1. The number of Topliss-reactive ketones (excluding diaryl/α,β-unsaturated/α-hetero) is 1. The van der Waals surface area contributed by atoms with Crippen LogP contribution in [0.4, 0.5) is 0 Å². The molecule has 4 N–H and O–H groups in total. The third-order valence-electron chi connectivity index (χ3n) is 9.67. The second kappa shape index (κ2) is 9.60. The molecule has 8 atom stereocenters. The number of ether oxygens (including phenoxy) is 1. The Labute approximate surface area is 219 Å². The van der Waals surface area contributed by atoms with Crippen molar-refractivity contribution in [2.75, 3.05) is 6.61 Å². The van der Waals surface area contributed by atoms with Gasteiger partial charge in [0.2, 0.25) is 0 Å². The quantitative estimate of drug-likeness (QED) is 0.170. The monoisotopic (exact) mass is 514 g/mol. The first-order valence-electron chi connectivity index (χ1n) is 13.5. The molecule has 0 aromatic heterocycles. The third kappa shape index (κ3) is 3.92. The van der Waals surface area contributed by atoms with Crippen molar-refractivity contribution in [1.29, 1.82) is 0 Å². The molecule has 7 heteroatoms. The fourth-order valence-corrected chi connectivity index (χ4v) is 7.64. The molecule has 1 unspecified atom stereocenters. The molecule has 7 nitrogen and oxygen atoms in total. The summed E-state index contributed by atoms with van der Waals surface area (Å²) in [5.74, 6) is -3.85. The van der Waals surface area contributed by atoms with E-state index in [1.165, 1.54) is 0 Å². The van der Waals surface area contributed by atoms with Crippen molar-refractivity contribution in [3.05, 3.63) is 47.6 Å². The van der Waals surface area contributed by atoms with Crippen LogP contribution in [-0.4, -0.2) is 61.7 Å². The molecule has 4 rings (SSSR count). The lowest BCUT2D eigenvalue weighted by molar-refractivity contribution is -0.219. The van der Waals surface area contributed by atoms with E-state index < -0.39 is 63.7 Å². The summed E-state index contributed by atoms with van der Waals surface area (Å²) < 4.78 is 6.07. The number of hydrogen-bond acceptors (Lipinski definition) is 7. The minimum absolute atomic E-state index is 0.0508. The van der Waals surface area contributed by atoms with Gasteiger partial charge in [0.05, 0.1) is 24.7 Å². The Balaban J connectivity index is 1.66. The summed E-state index contributed by atoms with van der Waals surface area (Å²) in [6, 6.07) is 0. The number of hydrogen-bond donors (Lipinski definition) is 4. The molecule has 0 aliphatic heterocycles. The SMILES string of the molecule is CCCC/C=C/C=C/CC(=O)O[C@@]12C(O)[C@@H](C)[C@@]3(O)[C@@H](C=C(CO)C[C@]4(O)C(=O)C(C)=C[C@@H]34)[C@@H]1C2(C)C. The van der Waals surface area contributed by atoms with Gasteiger partial charge in [0.25, 0.3) is 0 Å². The molecule has 0 bridgehead atoms. The summed E-state index contributed by atoms with van der Waals surface area (Å²) in [6.45, 7) is 8.87. The molecule has 0 spiro atoms. The number of carbonyl (C=O) groups excluding carboxylic acids is 2. The van der Waals surface area contributed by atoms with Gasteiger partial charge in [0.1, 0.15) is 11.2 Å². The van der Waals surface area contributed by atoms with E-state index in [2.05, 4.69) is 13.0 Å². The largest absolute Gasteiger partial charge is 0.455 e. The number of aliphatic hydroxyl groups excluding tert-OH is 2. The number of esters is 1. The second-order valence-corrected chi connectivity index (χ2v) is 12.1. The number of carbonyl (C=O) groups is 2. The van der Waals surface area contributed by atoms with E-state index in [4.69, 9.17) is 4.74 Å². The van der Waals surface area contributed by atoms with Gasteiger partial charge in [-0.3, -0.25) is 9.59 Å². The van der Waals surface area contributed by atoms with Crippen LogP contribution in [0.15, 0.2) is 47.6 Å². The van der Waals surface area contributed by atoms with Crippen LogP contribution in [0.5, 0.6) is 0 Å². The molecule has 0 radical (unpaired) electrons. The topological polar surface area (TPSA) is 124 Å². The van der Waals surface area contributed by atoms with Gasteiger partial charge in [-0.05, 0) is 24.5 Å². The molecule has 2 fully saturated rings. The molecule has 0 aromatic carbocycles. The van der Waals surface area contributed by atoms with Crippen molar-refractivity contribution in [3.63, 3.8) is 0 Å². The average Bonchev–Trinajstić information content (AvgIpc) is 3.28. The minimum atomic E-state index is -1.90. The van der Waals surface area contributed by atoms with Crippen LogP contribution in [0.25, 0.3) is 0 Å². The number of unbranched alkanes of at least 4 members (excludes halogenated alkanes) is 2. The number of rotatable bonds is 8. The van der Waals surface area contributed by atoms with Gasteiger partial charge in [-0.25, -0.2) is 0 Å². The summed E-state index contributed by atoms with van der Waals surface area (Å²) in [6.07, 6.45) is 12.8. The zero-order chi connectivity index (χ0) is 27.4. The van der Waals surface area contributed by atoms with Crippen LogP contribution >= 0.6 is 0 Å². The molecule has 0 amide bonds.